The summed E-state index contributed by atoms with van der Waals surface area (Å²) < 4.78 is 0.686. The molecule has 0 aliphatic rings. The number of nitrogens with one attached hydrogen (secondary N) is 1. The van der Waals surface area contributed by atoms with Crippen molar-refractivity contribution < 1.29 is 4.73 Å². The van der Waals surface area contributed by atoms with E-state index in [-0.39, 0.29) is 0 Å². The summed E-state index contributed by atoms with van der Waals surface area (Å²) in [6.07, 6.45) is 2.77. The molecular formula is C6H5N5O. The lowest BCUT2D eigenvalue weighted by atomic mass is 10.3. The Bertz CT molecular complexity index is 371. The van der Waals surface area contributed by atoms with Crippen molar-refractivity contribution in [2.24, 2.45) is 0 Å². The zero-order chi connectivity index (χ0) is 8.39. The topological polar surface area (TPSA) is 81.4 Å². The molecule has 2 rings (SSSR count). The van der Waals surface area contributed by atoms with Crippen molar-refractivity contribution in [2.75, 3.05) is 0 Å². The number of rotatable bonds is 1. The first-order valence-corrected chi connectivity index (χ1v) is 3.29. The lowest BCUT2D eigenvalue weighted by Crippen LogP contribution is -2.24. The van der Waals surface area contributed by atoms with Crippen molar-refractivity contribution >= 4 is 0 Å². The molecule has 0 amide bonds. The van der Waals surface area contributed by atoms with E-state index >= 15 is 0 Å². The summed E-state index contributed by atoms with van der Waals surface area (Å²) in [5.41, 5.74) is 0.640. The fraction of sp³-hybridized carbons (Fsp3) is 0. The van der Waals surface area contributed by atoms with Crippen LogP contribution in [-0.4, -0.2) is 20.6 Å². The smallest absolute Gasteiger partial charge is 0.210 e. The number of pyridine rings is 1. The molecule has 60 valence electrons. The lowest BCUT2D eigenvalue weighted by Gasteiger charge is -1.94. The Kier molecular flexibility index (Phi) is 1.44. The number of aromatic amines is 1. The van der Waals surface area contributed by atoms with Gasteiger partial charge in [-0.05, 0) is 11.3 Å². The van der Waals surface area contributed by atoms with Gasteiger partial charge in [-0.15, -0.1) is 10.2 Å². The minimum absolute atomic E-state index is 0.417. The molecule has 2 aromatic heterocycles. The maximum absolute atomic E-state index is 10.8. The van der Waals surface area contributed by atoms with Crippen LogP contribution in [0.5, 0.6) is 0 Å². The Balaban J connectivity index is 2.48. The molecule has 0 aliphatic heterocycles. The zero-order valence-electron chi connectivity index (χ0n) is 6.01. The highest BCUT2D eigenvalue weighted by atomic mass is 16.5. The van der Waals surface area contributed by atoms with Crippen LogP contribution in [0.3, 0.4) is 0 Å². The van der Waals surface area contributed by atoms with Gasteiger partial charge in [-0.25, -0.2) is 0 Å². The van der Waals surface area contributed by atoms with E-state index in [2.05, 4.69) is 20.6 Å². The van der Waals surface area contributed by atoms with Crippen LogP contribution in [0.1, 0.15) is 0 Å². The maximum Gasteiger partial charge on any atom is 0.210 e. The summed E-state index contributed by atoms with van der Waals surface area (Å²) in [5.74, 6) is 0.417. The summed E-state index contributed by atoms with van der Waals surface area (Å²) in [7, 11) is 0. The van der Waals surface area contributed by atoms with Crippen LogP contribution in [-0.2, 0) is 0 Å². The largest absolute Gasteiger partial charge is 0.619 e. The van der Waals surface area contributed by atoms with E-state index in [0.717, 1.165) is 0 Å². The molecule has 12 heavy (non-hydrogen) atoms. The minimum atomic E-state index is 0.417. The summed E-state index contributed by atoms with van der Waals surface area (Å²) in [5, 5.41) is 24.0. The van der Waals surface area contributed by atoms with Crippen molar-refractivity contribution in [1.29, 1.82) is 0 Å². The fourth-order valence-corrected chi connectivity index (χ4v) is 0.871. The van der Waals surface area contributed by atoms with Crippen LogP contribution in [0.4, 0.5) is 0 Å². The number of H-pyrrole nitrogens is 1. The first kappa shape index (κ1) is 6.71. The lowest BCUT2D eigenvalue weighted by molar-refractivity contribution is -0.604. The van der Waals surface area contributed by atoms with E-state index in [9.17, 15) is 5.21 Å². The molecule has 0 saturated heterocycles. The molecule has 0 atom stereocenters. The number of nitrogens with zero attached hydrogens (tertiary/aromatic N) is 4. The van der Waals surface area contributed by atoms with Crippen LogP contribution in [0.25, 0.3) is 11.4 Å². The summed E-state index contributed by atoms with van der Waals surface area (Å²) in [6, 6.07) is 3.36. The molecule has 6 nitrogen and oxygen atoms in total. The predicted molar refractivity (Wildman–Crippen MR) is 38.6 cm³/mol. The van der Waals surface area contributed by atoms with Gasteiger partial charge in [-0.1, -0.05) is 0 Å². The van der Waals surface area contributed by atoms with E-state index in [1.54, 1.807) is 12.1 Å². The summed E-state index contributed by atoms with van der Waals surface area (Å²) in [4.78, 5) is 0. The molecule has 0 saturated carbocycles. The number of aromatic nitrogens is 5. The molecule has 6 heteroatoms. The number of hydrogen-bond acceptors (Lipinski definition) is 4. The van der Waals surface area contributed by atoms with Crippen LogP contribution < -0.4 is 4.73 Å². The predicted octanol–water partition coefficient (Wildman–Crippen LogP) is -0.500. The zero-order valence-corrected chi connectivity index (χ0v) is 6.01. The summed E-state index contributed by atoms with van der Waals surface area (Å²) >= 11 is 0. The third kappa shape index (κ3) is 1.09. The average molecular weight is 163 g/mol. The van der Waals surface area contributed by atoms with E-state index in [4.69, 9.17) is 0 Å². The van der Waals surface area contributed by atoms with E-state index in [1.165, 1.54) is 12.4 Å². The maximum atomic E-state index is 10.8. The monoisotopic (exact) mass is 163 g/mol. The van der Waals surface area contributed by atoms with Gasteiger partial charge >= 0.3 is 0 Å². The van der Waals surface area contributed by atoms with Crippen LogP contribution >= 0.6 is 0 Å². The highest BCUT2D eigenvalue weighted by Gasteiger charge is 2.04. The van der Waals surface area contributed by atoms with Gasteiger partial charge in [0.2, 0.25) is 5.82 Å². The normalized spacial score (nSPS) is 10.0. The van der Waals surface area contributed by atoms with Gasteiger partial charge in [0.25, 0.3) is 0 Å². The van der Waals surface area contributed by atoms with E-state index in [1.807, 2.05) is 0 Å². The van der Waals surface area contributed by atoms with Gasteiger partial charge in [0.1, 0.15) is 0 Å². The number of hydrogen-bond donors (Lipinski definition) is 1. The Morgan fingerprint density at radius 2 is 2.42 bits per heavy atom. The van der Waals surface area contributed by atoms with E-state index in [0.29, 0.717) is 16.1 Å². The Morgan fingerprint density at radius 1 is 1.50 bits per heavy atom. The molecule has 2 heterocycles. The molecule has 2 aromatic rings. The second-order valence-corrected chi connectivity index (χ2v) is 2.19. The minimum Gasteiger partial charge on any atom is -0.619 e. The van der Waals surface area contributed by atoms with Gasteiger partial charge in [-0.2, -0.15) is 9.94 Å². The fourth-order valence-electron chi connectivity index (χ4n) is 0.871. The van der Waals surface area contributed by atoms with Crippen LogP contribution in [0.2, 0.25) is 0 Å². The molecule has 0 spiro atoms. The van der Waals surface area contributed by atoms with Gasteiger partial charge in [0.05, 0.1) is 5.56 Å². The van der Waals surface area contributed by atoms with Gasteiger partial charge in [-0.3, -0.25) is 0 Å². The van der Waals surface area contributed by atoms with E-state index < -0.39 is 0 Å². The number of tetrazole rings is 1. The van der Waals surface area contributed by atoms with Crippen molar-refractivity contribution in [3.05, 3.63) is 29.7 Å². The second-order valence-electron chi connectivity index (χ2n) is 2.19. The van der Waals surface area contributed by atoms with Crippen LogP contribution in [0, 0.1) is 5.21 Å². The Morgan fingerprint density at radius 3 is 3.08 bits per heavy atom. The van der Waals surface area contributed by atoms with Gasteiger partial charge in [0.15, 0.2) is 12.4 Å². The Hall–Kier alpha value is -1.98. The average Bonchev–Trinajstić information content (AvgIpc) is 2.56. The molecule has 0 fully saturated rings. The van der Waals surface area contributed by atoms with Crippen LogP contribution in [0.15, 0.2) is 24.5 Å². The molecule has 0 aromatic carbocycles. The van der Waals surface area contributed by atoms with Crippen molar-refractivity contribution in [3.63, 3.8) is 0 Å². The second kappa shape index (κ2) is 2.57. The molecule has 0 radical (unpaired) electrons. The quantitative estimate of drug-likeness (QED) is 0.454. The standard InChI is InChI=1S/C6H5N5O/c12-11-3-1-2-5(4-11)6-7-9-10-8-6/h1-4H,(H,7,8,9,10). The summed E-state index contributed by atoms with van der Waals surface area (Å²) in [6.45, 7) is 0. The Labute approximate surface area is 67.4 Å². The van der Waals surface area contributed by atoms with Crippen molar-refractivity contribution in [1.82, 2.24) is 20.6 Å². The molecular weight excluding hydrogens is 158 g/mol. The SMILES string of the molecule is [O-][n+]1cccc(-c2nn[nH]n2)c1. The van der Waals surface area contributed by atoms with Gasteiger partial charge < -0.3 is 5.21 Å². The highest BCUT2D eigenvalue weighted by Crippen LogP contribution is 2.07. The molecule has 0 bridgehead atoms. The first-order valence-electron chi connectivity index (χ1n) is 3.29. The van der Waals surface area contributed by atoms with Crippen molar-refractivity contribution in [2.45, 2.75) is 0 Å². The first-order chi connectivity index (χ1) is 5.86. The molecule has 0 aliphatic carbocycles. The molecule has 0 unspecified atom stereocenters. The third-order valence-corrected chi connectivity index (χ3v) is 1.38. The molecule has 1 N–H and O–H groups in total. The third-order valence-electron chi connectivity index (χ3n) is 1.38. The highest BCUT2D eigenvalue weighted by molar-refractivity contribution is 5.50. The van der Waals surface area contributed by atoms with Crippen molar-refractivity contribution in [3.8, 4) is 11.4 Å². The van der Waals surface area contributed by atoms with Gasteiger partial charge in [0, 0.05) is 6.07 Å².